The second kappa shape index (κ2) is 6.56. The number of para-hydroxylation sites is 1. The van der Waals surface area contributed by atoms with Crippen LogP contribution in [-0.2, 0) is 16.6 Å². The number of ether oxygens (including phenoxy) is 1. The molecule has 0 bridgehead atoms. The van der Waals surface area contributed by atoms with Crippen molar-refractivity contribution in [2.75, 3.05) is 27.2 Å². The molecule has 112 valence electrons. The first-order chi connectivity index (χ1) is 9.55. The van der Waals surface area contributed by atoms with Crippen molar-refractivity contribution >= 4 is 10.0 Å². The molecular weight excluding hydrogens is 276 g/mol. The van der Waals surface area contributed by atoms with Gasteiger partial charge in [0.15, 0.2) is 0 Å². The molecule has 6 heteroatoms. The van der Waals surface area contributed by atoms with Crippen molar-refractivity contribution in [3.05, 3.63) is 29.8 Å². The van der Waals surface area contributed by atoms with Crippen LogP contribution < -0.4 is 10.1 Å². The van der Waals surface area contributed by atoms with E-state index >= 15 is 0 Å². The van der Waals surface area contributed by atoms with E-state index in [2.05, 4.69) is 5.32 Å². The minimum Gasteiger partial charge on any atom is -0.496 e. The fourth-order valence-electron chi connectivity index (χ4n) is 2.51. The third kappa shape index (κ3) is 3.31. The molecule has 0 aromatic heterocycles. The zero-order valence-corrected chi connectivity index (χ0v) is 12.8. The van der Waals surface area contributed by atoms with Crippen LogP contribution in [0.4, 0.5) is 0 Å². The van der Waals surface area contributed by atoms with Crippen molar-refractivity contribution in [3.8, 4) is 5.75 Å². The van der Waals surface area contributed by atoms with Gasteiger partial charge >= 0.3 is 0 Å². The highest BCUT2D eigenvalue weighted by Gasteiger charge is 2.31. The number of nitrogens with one attached hydrogen (secondary N) is 1. The summed E-state index contributed by atoms with van der Waals surface area (Å²) in [5.41, 5.74) is 0.884. The number of benzene rings is 1. The molecule has 1 aromatic carbocycles. The van der Waals surface area contributed by atoms with Gasteiger partial charge in [-0.1, -0.05) is 18.2 Å². The second-order valence-corrected chi connectivity index (χ2v) is 7.38. The molecule has 0 aliphatic carbocycles. The molecule has 5 nitrogen and oxygen atoms in total. The lowest BCUT2D eigenvalue weighted by Crippen LogP contribution is -2.42. The Labute approximate surface area is 121 Å². The number of piperidine rings is 1. The largest absolute Gasteiger partial charge is 0.496 e. The molecule has 1 saturated heterocycles. The highest BCUT2D eigenvalue weighted by Crippen LogP contribution is 2.23. The summed E-state index contributed by atoms with van der Waals surface area (Å²) < 4.78 is 31.8. The quantitative estimate of drug-likeness (QED) is 0.887. The normalized spacial score (nSPS) is 17.4. The molecule has 0 amide bonds. The molecule has 1 fully saturated rings. The summed E-state index contributed by atoms with van der Waals surface area (Å²) in [5, 5.41) is 2.92. The number of rotatable bonds is 5. The number of nitrogens with zero attached hydrogens (tertiary/aromatic N) is 1. The molecule has 0 unspecified atom stereocenters. The topological polar surface area (TPSA) is 58.6 Å². The van der Waals surface area contributed by atoms with Crippen molar-refractivity contribution in [1.82, 2.24) is 9.62 Å². The van der Waals surface area contributed by atoms with Gasteiger partial charge in [-0.2, -0.15) is 0 Å². The van der Waals surface area contributed by atoms with E-state index in [1.165, 1.54) is 4.31 Å². The van der Waals surface area contributed by atoms with Crippen LogP contribution in [0.15, 0.2) is 24.3 Å². The summed E-state index contributed by atoms with van der Waals surface area (Å²) in [7, 11) is -0.00741. The number of methoxy groups -OCH3 is 1. The number of sulfonamides is 1. The molecule has 1 aliphatic heterocycles. The molecule has 2 rings (SSSR count). The SMILES string of the molecule is COc1ccccc1CN(C)S(=O)(=O)C1CCNCC1. The Morgan fingerprint density at radius 2 is 1.95 bits per heavy atom. The zero-order chi connectivity index (χ0) is 14.6. The van der Waals surface area contributed by atoms with E-state index < -0.39 is 10.0 Å². The molecule has 1 heterocycles. The maximum absolute atomic E-state index is 12.5. The number of hydrogen-bond donors (Lipinski definition) is 1. The predicted molar refractivity (Wildman–Crippen MR) is 79.3 cm³/mol. The van der Waals surface area contributed by atoms with E-state index in [1.807, 2.05) is 24.3 Å². The van der Waals surface area contributed by atoms with Gasteiger partial charge in [0, 0.05) is 19.2 Å². The van der Waals surface area contributed by atoms with Crippen LogP contribution in [0.5, 0.6) is 5.75 Å². The monoisotopic (exact) mass is 298 g/mol. The molecule has 0 atom stereocenters. The van der Waals surface area contributed by atoms with E-state index in [4.69, 9.17) is 4.74 Å². The van der Waals surface area contributed by atoms with E-state index in [9.17, 15) is 8.42 Å². The van der Waals surface area contributed by atoms with Gasteiger partial charge in [-0.25, -0.2) is 12.7 Å². The van der Waals surface area contributed by atoms with Gasteiger partial charge in [0.2, 0.25) is 10.0 Å². The van der Waals surface area contributed by atoms with Crippen molar-refractivity contribution in [3.63, 3.8) is 0 Å². The lowest BCUT2D eigenvalue weighted by atomic mass is 10.2. The Morgan fingerprint density at radius 1 is 1.30 bits per heavy atom. The van der Waals surface area contributed by atoms with Crippen LogP contribution in [0.1, 0.15) is 18.4 Å². The maximum atomic E-state index is 12.5. The minimum absolute atomic E-state index is 0.275. The van der Waals surface area contributed by atoms with Crippen molar-refractivity contribution in [1.29, 1.82) is 0 Å². The van der Waals surface area contributed by atoms with E-state index in [0.29, 0.717) is 19.4 Å². The van der Waals surface area contributed by atoms with Crippen molar-refractivity contribution in [2.24, 2.45) is 0 Å². The first-order valence-corrected chi connectivity index (χ1v) is 8.34. The van der Waals surface area contributed by atoms with E-state index in [1.54, 1.807) is 14.2 Å². The smallest absolute Gasteiger partial charge is 0.217 e. The average Bonchev–Trinajstić information content (AvgIpc) is 2.48. The highest BCUT2D eigenvalue weighted by atomic mass is 32.2. The molecule has 1 aliphatic rings. The van der Waals surface area contributed by atoms with Gasteiger partial charge in [0.1, 0.15) is 5.75 Å². The van der Waals surface area contributed by atoms with Crippen LogP contribution in [0.2, 0.25) is 0 Å². The molecule has 0 radical (unpaired) electrons. The van der Waals surface area contributed by atoms with Crippen LogP contribution in [0.25, 0.3) is 0 Å². The van der Waals surface area contributed by atoms with Gasteiger partial charge in [-0.15, -0.1) is 0 Å². The molecular formula is C14H22N2O3S. The third-order valence-corrected chi connectivity index (χ3v) is 6.04. The summed E-state index contributed by atoms with van der Waals surface area (Å²) in [4.78, 5) is 0. The Bertz CT molecular complexity index is 539. The summed E-state index contributed by atoms with van der Waals surface area (Å²) in [6.45, 7) is 1.88. The van der Waals surface area contributed by atoms with Crippen LogP contribution in [0.3, 0.4) is 0 Å². The zero-order valence-electron chi connectivity index (χ0n) is 12.0. The Kier molecular flexibility index (Phi) is 5.01. The predicted octanol–water partition coefficient (Wildman–Crippen LogP) is 1.21. The average molecular weight is 298 g/mol. The summed E-state index contributed by atoms with van der Waals surface area (Å²) in [5.74, 6) is 0.722. The highest BCUT2D eigenvalue weighted by molar-refractivity contribution is 7.89. The van der Waals surface area contributed by atoms with Gasteiger partial charge in [-0.05, 0) is 32.0 Å². The van der Waals surface area contributed by atoms with Crippen molar-refractivity contribution < 1.29 is 13.2 Å². The standard InChI is InChI=1S/C14H22N2O3S/c1-16(11-12-5-3-4-6-14(12)19-2)20(17,18)13-7-9-15-10-8-13/h3-6,13,15H,7-11H2,1-2H3. The van der Waals surface area contributed by atoms with Gasteiger partial charge in [0.05, 0.1) is 12.4 Å². The first-order valence-electron chi connectivity index (χ1n) is 6.83. The minimum atomic E-state index is -3.25. The summed E-state index contributed by atoms with van der Waals surface area (Å²) in [6, 6.07) is 7.51. The molecule has 0 saturated carbocycles. The molecule has 0 spiro atoms. The Balaban J connectivity index is 2.12. The van der Waals surface area contributed by atoms with Gasteiger partial charge in [-0.3, -0.25) is 0 Å². The van der Waals surface area contributed by atoms with Gasteiger partial charge in [0.25, 0.3) is 0 Å². The molecule has 1 N–H and O–H groups in total. The molecule has 1 aromatic rings. The Morgan fingerprint density at radius 3 is 2.60 bits per heavy atom. The summed E-state index contributed by atoms with van der Waals surface area (Å²) >= 11 is 0. The van der Waals surface area contributed by atoms with Crippen LogP contribution in [0, 0.1) is 0 Å². The van der Waals surface area contributed by atoms with Gasteiger partial charge < -0.3 is 10.1 Å². The maximum Gasteiger partial charge on any atom is 0.217 e. The third-order valence-electron chi connectivity index (χ3n) is 3.73. The van der Waals surface area contributed by atoms with Crippen LogP contribution in [-0.4, -0.2) is 45.2 Å². The first kappa shape index (κ1) is 15.3. The van der Waals surface area contributed by atoms with Crippen LogP contribution >= 0.6 is 0 Å². The number of hydrogen-bond acceptors (Lipinski definition) is 4. The lowest BCUT2D eigenvalue weighted by Gasteiger charge is -2.28. The lowest BCUT2D eigenvalue weighted by molar-refractivity contribution is 0.393. The second-order valence-electron chi connectivity index (χ2n) is 5.06. The van der Waals surface area contributed by atoms with E-state index in [-0.39, 0.29) is 5.25 Å². The summed E-state index contributed by atoms with van der Waals surface area (Å²) in [6.07, 6.45) is 1.36. The Hall–Kier alpha value is -1.11. The fraction of sp³-hybridized carbons (Fsp3) is 0.571. The fourth-order valence-corrected chi connectivity index (χ4v) is 4.17. The van der Waals surface area contributed by atoms with Crippen molar-refractivity contribution in [2.45, 2.75) is 24.6 Å². The molecule has 20 heavy (non-hydrogen) atoms. The van der Waals surface area contributed by atoms with E-state index in [0.717, 1.165) is 24.4 Å².